The molecule has 1 saturated heterocycles. The highest BCUT2D eigenvalue weighted by molar-refractivity contribution is 14.0. The largest absolute Gasteiger partial charge is 0.381 e. The molecule has 6 nitrogen and oxygen atoms in total. The molecule has 1 fully saturated rings. The van der Waals surface area contributed by atoms with Crippen molar-refractivity contribution in [2.75, 3.05) is 59.2 Å². The van der Waals surface area contributed by atoms with Gasteiger partial charge in [0.15, 0.2) is 5.96 Å². The third kappa shape index (κ3) is 11.4. The SMILES string of the molecule is CCCCOCCCNC(=NCC(C)N1CCOCC1)NCC.I. The Balaban J connectivity index is 0.00000529. The number of aliphatic imine (C=N–C) groups is 1. The predicted octanol–water partition coefficient (Wildman–Crippen LogP) is 2.09. The Labute approximate surface area is 165 Å². The molecule has 0 spiro atoms. The number of unbranched alkanes of at least 4 members (excludes halogenated alkanes) is 1. The minimum absolute atomic E-state index is 0. The summed E-state index contributed by atoms with van der Waals surface area (Å²) in [7, 11) is 0. The highest BCUT2D eigenvalue weighted by Gasteiger charge is 2.16. The van der Waals surface area contributed by atoms with E-state index in [9.17, 15) is 0 Å². The molecular weight excluding hydrogens is 419 g/mol. The maximum atomic E-state index is 5.57. The smallest absolute Gasteiger partial charge is 0.191 e. The van der Waals surface area contributed by atoms with Crippen LogP contribution in [0, 0.1) is 0 Å². The summed E-state index contributed by atoms with van der Waals surface area (Å²) >= 11 is 0. The number of guanidine groups is 1. The summed E-state index contributed by atoms with van der Waals surface area (Å²) in [6.07, 6.45) is 3.35. The number of ether oxygens (including phenoxy) is 2. The summed E-state index contributed by atoms with van der Waals surface area (Å²) in [4.78, 5) is 7.15. The Kier molecular flexibility index (Phi) is 16.3. The van der Waals surface area contributed by atoms with E-state index < -0.39 is 0 Å². The van der Waals surface area contributed by atoms with Crippen LogP contribution in [-0.4, -0.2) is 76.1 Å². The maximum absolute atomic E-state index is 5.57. The van der Waals surface area contributed by atoms with Gasteiger partial charge in [0.05, 0.1) is 19.8 Å². The normalized spacial score (nSPS) is 17.2. The first-order valence-electron chi connectivity index (χ1n) is 9.19. The van der Waals surface area contributed by atoms with Gasteiger partial charge in [-0.2, -0.15) is 0 Å². The van der Waals surface area contributed by atoms with E-state index in [0.29, 0.717) is 6.04 Å². The van der Waals surface area contributed by atoms with Crippen molar-refractivity contribution in [3.05, 3.63) is 0 Å². The summed E-state index contributed by atoms with van der Waals surface area (Å²) in [6, 6.07) is 0.451. The topological polar surface area (TPSA) is 58.1 Å². The summed E-state index contributed by atoms with van der Waals surface area (Å²) in [5.41, 5.74) is 0. The number of hydrogen-bond donors (Lipinski definition) is 2. The molecule has 1 aliphatic heterocycles. The summed E-state index contributed by atoms with van der Waals surface area (Å²) in [5, 5.41) is 6.69. The van der Waals surface area contributed by atoms with Crippen LogP contribution in [0.2, 0.25) is 0 Å². The van der Waals surface area contributed by atoms with Crippen LogP contribution in [0.1, 0.15) is 40.0 Å². The predicted molar refractivity (Wildman–Crippen MR) is 112 cm³/mol. The molecule has 0 amide bonds. The lowest BCUT2D eigenvalue weighted by Crippen LogP contribution is -2.44. The molecule has 0 saturated carbocycles. The van der Waals surface area contributed by atoms with E-state index in [1.165, 1.54) is 6.42 Å². The number of halogens is 1. The van der Waals surface area contributed by atoms with Crippen LogP contribution in [0.3, 0.4) is 0 Å². The molecule has 0 radical (unpaired) electrons. The molecule has 2 N–H and O–H groups in total. The van der Waals surface area contributed by atoms with E-state index in [-0.39, 0.29) is 24.0 Å². The molecule has 1 heterocycles. The Hall–Kier alpha value is -0.120. The molecule has 1 unspecified atom stereocenters. The van der Waals surface area contributed by atoms with Gasteiger partial charge in [0.2, 0.25) is 0 Å². The first-order valence-corrected chi connectivity index (χ1v) is 9.19. The monoisotopic (exact) mass is 456 g/mol. The molecule has 0 bridgehead atoms. The van der Waals surface area contributed by atoms with Crippen LogP contribution in [0.4, 0.5) is 0 Å². The Morgan fingerprint density at radius 1 is 1.17 bits per heavy atom. The van der Waals surface area contributed by atoms with Gasteiger partial charge in [0.25, 0.3) is 0 Å². The molecular formula is C17H37IN4O2. The number of nitrogens with one attached hydrogen (secondary N) is 2. The Morgan fingerprint density at radius 3 is 2.54 bits per heavy atom. The van der Waals surface area contributed by atoms with Crippen molar-refractivity contribution < 1.29 is 9.47 Å². The second-order valence-corrected chi connectivity index (χ2v) is 5.96. The third-order valence-corrected chi connectivity index (χ3v) is 3.93. The molecule has 24 heavy (non-hydrogen) atoms. The van der Waals surface area contributed by atoms with Crippen LogP contribution in [0.5, 0.6) is 0 Å². The lowest BCUT2D eigenvalue weighted by Gasteiger charge is -2.31. The Morgan fingerprint density at radius 2 is 1.88 bits per heavy atom. The molecule has 0 aromatic rings. The average molecular weight is 456 g/mol. The van der Waals surface area contributed by atoms with Gasteiger partial charge in [0, 0.05) is 45.4 Å². The van der Waals surface area contributed by atoms with Crippen molar-refractivity contribution in [1.82, 2.24) is 15.5 Å². The van der Waals surface area contributed by atoms with Crippen LogP contribution >= 0.6 is 24.0 Å². The van der Waals surface area contributed by atoms with Crippen molar-refractivity contribution in [3.63, 3.8) is 0 Å². The van der Waals surface area contributed by atoms with Gasteiger partial charge in [-0.15, -0.1) is 24.0 Å². The van der Waals surface area contributed by atoms with Crippen LogP contribution in [0.15, 0.2) is 4.99 Å². The minimum atomic E-state index is 0. The molecule has 1 rings (SSSR count). The fraction of sp³-hybridized carbons (Fsp3) is 0.941. The molecule has 7 heteroatoms. The summed E-state index contributed by atoms with van der Waals surface area (Å²) in [6.45, 7) is 14.5. The zero-order chi connectivity index (χ0) is 16.8. The van der Waals surface area contributed by atoms with Gasteiger partial charge in [-0.3, -0.25) is 9.89 Å². The molecule has 0 aromatic heterocycles. The molecule has 0 aliphatic carbocycles. The van der Waals surface area contributed by atoms with Gasteiger partial charge >= 0.3 is 0 Å². The van der Waals surface area contributed by atoms with E-state index in [0.717, 1.165) is 78.0 Å². The van der Waals surface area contributed by atoms with Crippen LogP contribution < -0.4 is 10.6 Å². The van der Waals surface area contributed by atoms with E-state index in [4.69, 9.17) is 14.5 Å². The number of rotatable bonds is 11. The van der Waals surface area contributed by atoms with Crippen molar-refractivity contribution in [3.8, 4) is 0 Å². The Bertz CT molecular complexity index is 313. The lowest BCUT2D eigenvalue weighted by molar-refractivity contribution is 0.0220. The van der Waals surface area contributed by atoms with E-state index >= 15 is 0 Å². The van der Waals surface area contributed by atoms with E-state index in [1.54, 1.807) is 0 Å². The molecule has 0 aromatic carbocycles. The average Bonchev–Trinajstić information content (AvgIpc) is 2.59. The molecule has 1 aliphatic rings. The van der Waals surface area contributed by atoms with Gasteiger partial charge in [-0.1, -0.05) is 13.3 Å². The standard InChI is InChI=1S/C17H36N4O2.HI/c1-4-6-11-22-12-7-8-19-17(18-5-2)20-15-16(3)21-9-13-23-14-10-21;/h16H,4-15H2,1-3H3,(H2,18,19,20);1H. The van der Waals surface area contributed by atoms with Crippen molar-refractivity contribution in [1.29, 1.82) is 0 Å². The lowest BCUT2D eigenvalue weighted by atomic mass is 10.2. The number of nitrogens with zero attached hydrogens (tertiary/aromatic N) is 2. The first kappa shape index (κ1) is 23.9. The second-order valence-electron chi connectivity index (χ2n) is 5.96. The van der Waals surface area contributed by atoms with Gasteiger partial charge in [0.1, 0.15) is 0 Å². The molecule has 1 atom stereocenters. The van der Waals surface area contributed by atoms with Gasteiger partial charge in [-0.05, 0) is 26.7 Å². The minimum Gasteiger partial charge on any atom is -0.381 e. The first-order chi connectivity index (χ1) is 11.3. The summed E-state index contributed by atoms with van der Waals surface area (Å²) in [5.74, 6) is 0.904. The van der Waals surface area contributed by atoms with Crippen molar-refractivity contribution >= 4 is 29.9 Å². The zero-order valence-electron chi connectivity index (χ0n) is 15.7. The highest BCUT2D eigenvalue weighted by Crippen LogP contribution is 2.03. The van der Waals surface area contributed by atoms with Gasteiger partial charge in [-0.25, -0.2) is 0 Å². The summed E-state index contributed by atoms with van der Waals surface area (Å²) < 4.78 is 11.0. The van der Waals surface area contributed by atoms with Crippen LogP contribution in [-0.2, 0) is 9.47 Å². The fourth-order valence-electron chi connectivity index (χ4n) is 2.43. The van der Waals surface area contributed by atoms with Crippen molar-refractivity contribution in [2.24, 2.45) is 4.99 Å². The van der Waals surface area contributed by atoms with Crippen molar-refractivity contribution in [2.45, 2.75) is 46.1 Å². The zero-order valence-corrected chi connectivity index (χ0v) is 18.0. The number of hydrogen-bond acceptors (Lipinski definition) is 4. The quantitative estimate of drug-likeness (QED) is 0.216. The maximum Gasteiger partial charge on any atom is 0.191 e. The third-order valence-electron chi connectivity index (χ3n) is 3.93. The van der Waals surface area contributed by atoms with E-state index in [1.807, 2.05) is 0 Å². The fourth-order valence-corrected chi connectivity index (χ4v) is 2.43. The van der Waals surface area contributed by atoms with Crippen LogP contribution in [0.25, 0.3) is 0 Å². The second kappa shape index (κ2) is 16.4. The van der Waals surface area contributed by atoms with Gasteiger partial charge < -0.3 is 20.1 Å². The van der Waals surface area contributed by atoms with E-state index in [2.05, 4.69) is 36.3 Å². The molecule has 144 valence electrons. The highest BCUT2D eigenvalue weighted by atomic mass is 127. The number of morpholine rings is 1.